The van der Waals surface area contributed by atoms with Gasteiger partial charge in [-0.25, -0.2) is 19.2 Å². The minimum Gasteiger partial charge on any atom is -0.465 e. The second-order valence-corrected chi connectivity index (χ2v) is 21.2. The first-order chi connectivity index (χ1) is 21.6. The zero-order chi connectivity index (χ0) is 34.3. The van der Waals surface area contributed by atoms with Crippen LogP contribution >= 0.6 is 0 Å². The number of benzene rings is 2. The second kappa shape index (κ2) is 17.3. The van der Waals surface area contributed by atoms with E-state index in [1.165, 1.54) is 62.8 Å². The number of ether oxygens (including phenoxy) is 4. The molecule has 236 valence electrons. The Morgan fingerprint density at radius 2 is 0.783 bits per heavy atom. The average Bonchev–Trinajstić information content (AvgIpc) is 3.02. The summed E-state index contributed by atoms with van der Waals surface area (Å²) in [5, 5.41) is 0. The molecule has 0 atom stereocenters. The number of rotatable bonds is 8. The van der Waals surface area contributed by atoms with E-state index in [2.05, 4.69) is 85.9 Å². The molecule has 0 heterocycles. The Kier molecular flexibility index (Phi) is 13.9. The van der Waals surface area contributed by atoms with Crippen molar-refractivity contribution in [2.75, 3.05) is 27.4 Å². The first kappa shape index (κ1) is 36.9. The van der Waals surface area contributed by atoms with E-state index in [4.69, 9.17) is 18.9 Å². The Hall–Kier alpha value is -5.27. The van der Waals surface area contributed by atoms with Crippen molar-refractivity contribution in [2.24, 2.45) is 0 Å². The van der Waals surface area contributed by atoms with Crippen LogP contribution < -0.4 is 0 Å². The van der Waals surface area contributed by atoms with Gasteiger partial charge in [-0.1, -0.05) is 51.1 Å². The van der Waals surface area contributed by atoms with Crippen LogP contribution in [0.1, 0.15) is 41.4 Å². The van der Waals surface area contributed by atoms with E-state index < -0.39 is 40.0 Å². The van der Waals surface area contributed by atoms with E-state index in [-0.39, 0.29) is 46.6 Å². The van der Waals surface area contributed by atoms with Crippen LogP contribution in [0.25, 0.3) is 0 Å². The van der Waals surface area contributed by atoms with Gasteiger partial charge in [0, 0.05) is 0 Å². The average molecular weight is 653 g/mol. The van der Waals surface area contributed by atoms with Gasteiger partial charge in [-0.2, -0.15) is 0 Å². The Morgan fingerprint density at radius 3 is 1.04 bits per heavy atom. The van der Waals surface area contributed by atoms with Crippen molar-refractivity contribution in [3.8, 4) is 46.6 Å². The molecule has 0 bridgehead atoms. The molecule has 0 aliphatic rings. The fraction of sp³-hybridized carbons (Fsp3) is 0.278. The van der Waals surface area contributed by atoms with Gasteiger partial charge >= 0.3 is 23.9 Å². The van der Waals surface area contributed by atoms with E-state index in [1.54, 1.807) is 0 Å². The quantitative estimate of drug-likeness (QED) is 0.163. The van der Waals surface area contributed by atoms with Crippen LogP contribution in [0, 0.1) is 46.6 Å². The van der Waals surface area contributed by atoms with Crippen molar-refractivity contribution in [2.45, 2.75) is 39.3 Å². The molecular formula is C36H36O8Si2. The standard InChI is InChI=1S/C36H36O8Si2/c1-41-33(37)27-15-19-29(20-16-27)35(39)43-25-31(13-9-11-23-45(3,4)5)32(14-10-12-24-46(6,7)8)26-44-36(40)30-21-17-28(18-22-30)34(38)42-2/h15-22H,25-26H2,1-8H3/b32-31+. The van der Waals surface area contributed by atoms with Gasteiger partial charge < -0.3 is 18.9 Å². The summed E-state index contributed by atoms with van der Waals surface area (Å²) < 4.78 is 20.5. The summed E-state index contributed by atoms with van der Waals surface area (Å²) in [7, 11) is -0.900. The summed E-state index contributed by atoms with van der Waals surface area (Å²) in [4.78, 5) is 49.3. The van der Waals surface area contributed by atoms with Crippen LogP contribution in [0.15, 0.2) is 59.7 Å². The monoisotopic (exact) mass is 652 g/mol. The zero-order valence-corrected chi connectivity index (χ0v) is 29.3. The number of methoxy groups -OCH3 is 2. The number of esters is 4. The Labute approximate surface area is 272 Å². The third-order valence-corrected chi connectivity index (χ3v) is 7.32. The van der Waals surface area contributed by atoms with Crippen LogP contribution in [0.5, 0.6) is 0 Å². The van der Waals surface area contributed by atoms with E-state index in [0.717, 1.165) is 0 Å². The highest BCUT2D eigenvalue weighted by Crippen LogP contribution is 2.13. The summed E-state index contributed by atoms with van der Waals surface area (Å²) in [6.07, 6.45) is 0. The first-order valence-electron chi connectivity index (χ1n) is 14.1. The Bertz CT molecular complexity index is 1610. The van der Waals surface area contributed by atoms with Crippen molar-refractivity contribution >= 4 is 40.0 Å². The molecular weight excluding hydrogens is 617 g/mol. The maximum Gasteiger partial charge on any atom is 0.338 e. The van der Waals surface area contributed by atoms with Crippen molar-refractivity contribution in [3.05, 3.63) is 81.9 Å². The maximum absolute atomic E-state index is 12.9. The van der Waals surface area contributed by atoms with Gasteiger partial charge in [0.2, 0.25) is 0 Å². The van der Waals surface area contributed by atoms with E-state index in [9.17, 15) is 19.2 Å². The lowest BCUT2D eigenvalue weighted by Gasteiger charge is -2.10. The summed E-state index contributed by atoms with van der Waals surface area (Å²) in [5.74, 6) is 14.8. The van der Waals surface area contributed by atoms with Gasteiger partial charge in [0.05, 0.1) is 47.6 Å². The molecule has 0 unspecified atom stereocenters. The lowest BCUT2D eigenvalue weighted by Crippen LogP contribution is -2.16. The van der Waals surface area contributed by atoms with Crippen molar-refractivity contribution in [3.63, 3.8) is 0 Å². The minimum atomic E-state index is -1.72. The van der Waals surface area contributed by atoms with Crippen LogP contribution in [0.4, 0.5) is 0 Å². The summed E-state index contributed by atoms with van der Waals surface area (Å²) >= 11 is 0. The molecule has 2 aromatic carbocycles. The fourth-order valence-corrected chi connectivity index (χ4v) is 4.09. The van der Waals surface area contributed by atoms with E-state index in [1.807, 2.05) is 0 Å². The molecule has 2 rings (SSSR count). The summed E-state index contributed by atoms with van der Waals surface area (Å²) in [6, 6.07) is 11.6. The molecule has 0 aliphatic carbocycles. The summed E-state index contributed by atoms with van der Waals surface area (Å²) in [5.41, 5.74) is 7.84. The van der Waals surface area contributed by atoms with Gasteiger partial charge in [-0.05, 0) is 72.2 Å². The van der Waals surface area contributed by atoms with Crippen LogP contribution in [0.2, 0.25) is 39.3 Å². The highest BCUT2D eigenvalue weighted by Gasteiger charge is 2.15. The van der Waals surface area contributed by atoms with E-state index in [0.29, 0.717) is 0 Å². The van der Waals surface area contributed by atoms with Crippen LogP contribution in [0.3, 0.4) is 0 Å². The van der Waals surface area contributed by atoms with Gasteiger partial charge in [-0.3, -0.25) is 0 Å². The number of carbonyl (C=O) groups excluding carboxylic acids is 4. The third-order valence-electron chi connectivity index (χ3n) is 5.57. The molecule has 0 spiro atoms. The number of hydrogen-bond acceptors (Lipinski definition) is 8. The maximum atomic E-state index is 12.9. The smallest absolute Gasteiger partial charge is 0.338 e. The van der Waals surface area contributed by atoms with Crippen LogP contribution in [-0.4, -0.2) is 67.5 Å². The van der Waals surface area contributed by atoms with E-state index >= 15 is 0 Å². The summed E-state index contributed by atoms with van der Waals surface area (Å²) in [6.45, 7) is 11.9. The molecule has 0 radical (unpaired) electrons. The molecule has 0 saturated carbocycles. The van der Waals surface area contributed by atoms with Crippen molar-refractivity contribution in [1.82, 2.24) is 0 Å². The molecule has 0 fully saturated rings. The zero-order valence-electron chi connectivity index (χ0n) is 27.3. The highest BCUT2D eigenvalue weighted by atomic mass is 28.3. The van der Waals surface area contributed by atoms with Crippen molar-refractivity contribution in [1.29, 1.82) is 0 Å². The minimum absolute atomic E-state index is 0.203. The van der Waals surface area contributed by atoms with Gasteiger partial charge in [0.25, 0.3) is 0 Å². The first-order valence-corrected chi connectivity index (χ1v) is 21.1. The second-order valence-electron chi connectivity index (χ2n) is 11.7. The molecule has 46 heavy (non-hydrogen) atoms. The Morgan fingerprint density at radius 1 is 0.500 bits per heavy atom. The molecule has 2 aromatic rings. The topological polar surface area (TPSA) is 105 Å². The van der Waals surface area contributed by atoms with Crippen molar-refractivity contribution < 1.29 is 38.1 Å². The lowest BCUT2D eigenvalue weighted by molar-refractivity contribution is 0.0518. The van der Waals surface area contributed by atoms with Crippen LogP contribution in [-0.2, 0) is 18.9 Å². The highest BCUT2D eigenvalue weighted by molar-refractivity contribution is 6.84. The largest absolute Gasteiger partial charge is 0.465 e. The lowest BCUT2D eigenvalue weighted by atomic mass is 10.1. The van der Waals surface area contributed by atoms with Gasteiger partial charge in [-0.15, -0.1) is 11.1 Å². The molecule has 8 nitrogen and oxygen atoms in total. The molecule has 10 heteroatoms. The number of hydrogen-bond donors (Lipinski definition) is 0. The SMILES string of the molecule is COC(=O)c1ccc(C(=O)OC/C(C#CC#C[Si](C)(C)C)=C(\C#CC#C[Si](C)(C)C)COC(=O)c2ccc(C(=O)OC)cc2)cc1. The fourth-order valence-electron chi connectivity index (χ4n) is 3.21. The van der Waals surface area contributed by atoms with Gasteiger partial charge in [0.15, 0.2) is 0 Å². The van der Waals surface area contributed by atoms with Gasteiger partial charge in [0.1, 0.15) is 29.4 Å². The third kappa shape index (κ3) is 13.2. The molecule has 0 saturated heterocycles. The molecule has 0 aromatic heterocycles. The molecule has 0 amide bonds. The predicted octanol–water partition coefficient (Wildman–Crippen LogP) is 5.34. The molecule has 0 N–H and O–H groups in total. The normalized spacial score (nSPS) is 10.8. The predicted molar refractivity (Wildman–Crippen MR) is 181 cm³/mol. The Balaban J connectivity index is 2.48. The number of carbonyl (C=O) groups is 4. The molecule has 0 aliphatic heterocycles.